The number of rotatable bonds is 7. The molecular formula is C27H27N5O3S. The van der Waals surface area contributed by atoms with Gasteiger partial charge in [0.2, 0.25) is 0 Å². The van der Waals surface area contributed by atoms with Crippen molar-refractivity contribution in [2.24, 2.45) is 4.99 Å². The van der Waals surface area contributed by atoms with Crippen molar-refractivity contribution in [3.05, 3.63) is 111 Å². The van der Waals surface area contributed by atoms with E-state index in [0.717, 1.165) is 22.5 Å². The number of carbonyl (C=O) groups is 1. The van der Waals surface area contributed by atoms with E-state index in [1.807, 2.05) is 80.5 Å². The molecule has 1 atom stereocenters. The molecule has 9 heteroatoms. The number of nitrogens with zero attached hydrogens (tertiary/aromatic N) is 3. The Bertz CT molecular complexity index is 1300. The zero-order valence-electron chi connectivity index (χ0n) is 20.3. The minimum absolute atomic E-state index is 0.0611. The third-order valence-corrected chi connectivity index (χ3v) is 6.70. The van der Waals surface area contributed by atoms with Crippen LogP contribution in [0.4, 0.5) is 17.1 Å². The molecule has 0 saturated heterocycles. The molecule has 1 aliphatic rings. The second-order valence-electron chi connectivity index (χ2n) is 8.52. The Kier molecular flexibility index (Phi) is 7.70. The number of allylic oxidation sites excluding steroid dienone is 1. The standard InChI is InChI=1S/C27H27N5O3S/c1-18-24(26(33)29-21-7-5-4-6-8-21)25(20-11-15-22(16-12-20)31(2)3)30-27(28-18)36-17-19-9-13-23(14-10-19)32(34)35/h4-16,25H,17H2,1-3H3,(H,28,30)(H,29,33)/t25-/m0/s1. The van der Waals surface area contributed by atoms with Crippen LogP contribution in [-0.4, -0.2) is 30.1 Å². The van der Waals surface area contributed by atoms with Crippen LogP contribution in [0.5, 0.6) is 0 Å². The van der Waals surface area contributed by atoms with Crippen molar-refractivity contribution in [3.8, 4) is 0 Å². The number of para-hydroxylation sites is 1. The molecule has 1 amide bonds. The summed E-state index contributed by atoms with van der Waals surface area (Å²) in [5.41, 5.74) is 4.96. The van der Waals surface area contributed by atoms with Crippen LogP contribution in [0.3, 0.4) is 0 Å². The lowest BCUT2D eigenvalue weighted by atomic mass is 9.95. The van der Waals surface area contributed by atoms with E-state index in [2.05, 4.69) is 10.6 Å². The molecule has 3 aromatic carbocycles. The second-order valence-corrected chi connectivity index (χ2v) is 9.48. The molecule has 0 aliphatic carbocycles. The van der Waals surface area contributed by atoms with Gasteiger partial charge in [-0.2, -0.15) is 0 Å². The van der Waals surface area contributed by atoms with Gasteiger partial charge in [-0.1, -0.05) is 54.2 Å². The number of aliphatic imine (C=N–C) groups is 1. The van der Waals surface area contributed by atoms with E-state index >= 15 is 0 Å². The topological polar surface area (TPSA) is 99.9 Å². The molecule has 36 heavy (non-hydrogen) atoms. The van der Waals surface area contributed by atoms with Gasteiger partial charge in [0.1, 0.15) is 6.04 Å². The molecule has 0 bridgehead atoms. The fraction of sp³-hybridized carbons (Fsp3) is 0.185. The van der Waals surface area contributed by atoms with E-state index in [1.54, 1.807) is 12.1 Å². The molecule has 0 radical (unpaired) electrons. The van der Waals surface area contributed by atoms with Crippen molar-refractivity contribution < 1.29 is 9.72 Å². The Morgan fingerprint density at radius 1 is 1.06 bits per heavy atom. The number of amidine groups is 1. The first-order chi connectivity index (χ1) is 17.3. The van der Waals surface area contributed by atoms with Crippen LogP contribution in [0, 0.1) is 10.1 Å². The van der Waals surface area contributed by atoms with Gasteiger partial charge in [0.25, 0.3) is 11.6 Å². The van der Waals surface area contributed by atoms with E-state index in [9.17, 15) is 14.9 Å². The van der Waals surface area contributed by atoms with Gasteiger partial charge in [-0.25, -0.2) is 4.99 Å². The number of thioether (sulfide) groups is 1. The van der Waals surface area contributed by atoms with Crippen LogP contribution in [0.1, 0.15) is 24.1 Å². The fourth-order valence-electron chi connectivity index (χ4n) is 3.80. The molecule has 0 fully saturated rings. The SMILES string of the molecule is CC1=C(C(=O)Nc2ccccc2)[C@H](c2ccc(N(C)C)cc2)N=C(SCc2ccc([N+](=O)[O-])cc2)N1. The van der Waals surface area contributed by atoms with Crippen LogP contribution in [-0.2, 0) is 10.5 Å². The molecule has 0 aromatic heterocycles. The number of amides is 1. The summed E-state index contributed by atoms with van der Waals surface area (Å²) in [6, 6.07) is 23.4. The quantitative estimate of drug-likeness (QED) is 0.327. The molecular weight excluding hydrogens is 474 g/mol. The van der Waals surface area contributed by atoms with Crippen molar-refractivity contribution >= 4 is 39.9 Å². The summed E-state index contributed by atoms with van der Waals surface area (Å²) in [4.78, 5) is 30.8. The average molecular weight is 502 g/mol. The molecule has 184 valence electrons. The first-order valence-corrected chi connectivity index (χ1v) is 12.4. The lowest BCUT2D eigenvalue weighted by Crippen LogP contribution is -2.32. The summed E-state index contributed by atoms with van der Waals surface area (Å²) < 4.78 is 0. The highest BCUT2D eigenvalue weighted by Gasteiger charge is 2.29. The van der Waals surface area contributed by atoms with Gasteiger partial charge in [0.15, 0.2) is 5.17 Å². The van der Waals surface area contributed by atoms with Gasteiger partial charge in [0, 0.05) is 49.1 Å². The Hall–Kier alpha value is -4.11. The minimum atomic E-state index is -0.481. The summed E-state index contributed by atoms with van der Waals surface area (Å²) >= 11 is 1.49. The Balaban J connectivity index is 1.59. The molecule has 1 heterocycles. The lowest BCUT2D eigenvalue weighted by Gasteiger charge is -2.27. The molecule has 0 saturated carbocycles. The van der Waals surface area contributed by atoms with Gasteiger partial charge in [-0.15, -0.1) is 0 Å². The lowest BCUT2D eigenvalue weighted by molar-refractivity contribution is -0.384. The summed E-state index contributed by atoms with van der Waals surface area (Å²) in [5.74, 6) is 0.366. The average Bonchev–Trinajstić information content (AvgIpc) is 2.88. The molecule has 2 N–H and O–H groups in total. The summed E-state index contributed by atoms with van der Waals surface area (Å²) in [6.45, 7) is 1.88. The highest BCUT2D eigenvalue weighted by Crippen LogP contribution is 2.34. The highest BCUT2D eigenvalue weighted by atomic mass is 32.2. The van der Waals surface area contributed by atoms with Crippen molar-refractivity contribution in [2.75, 3.05) is 24.3 Å². The Morgan fingerprint density at radius 2 is 1.72 bits per heavy atom. The number of nitro groups is 1. The minimum Gasteiger partial charge on any atom is -0.378 e. The number of carbonyl (C=O) groups excluding carboxylic acids is 1. The molecule has 0 spiro atoms. The summed E-state index contributed by atoms with van der Waals surface area (Å²) in [5, 5.41) is 17.9. The van der Waals surface area contributed by atoms with Gasteiger partial charge < -0.3 is 15.5 Å². The number of nitrogens with one attached hydrogen (secondary N) is 2. The molecule has 8 nitrogen and oxygen atoms in total. The van der Waals surface area contributed by atoms with Crippen LogP contribution < -0.4 is 15.5 Å². The van der Waals surface area contributed by atoms with Crippen LogP contribution >= 0.6 is 11.8 Å². The van der Waals surface area contributed by atoms with Crippen LogP contribution in [0.15, 0.2) is 95.1 Å². The largest absolute Gasteiger partial charge is 0.378 e. The van der Waals surface area contributed by atoms with E-state index in [4.69, 9.17) is 4.99 Å². The monoisotopic (exact) mass is 501 g/mol. The number of non-ortho nitro benzene ring substituents is 1. The van der Waals surface area contributed by atoms with Crippen LogP contribution in [0.2, 0.25) is 0 Å². The van der Waals surface area contributed by atoms with Gasteiger partial charge in [-0.05, 0) is 42.3 Å². The molecule has 3 aromatic rings. The van der Waals surface area contributed by atoms with E-state index in [-0.39, 0.29) is 11.6 Å². The number of hydrogen-bond donors (Lipinski definition) is 2. The Morgan fingerprint density at radius 3 is 2.33 bits per heavy atom. The van der Waals surface area contributed by atoms with Crippen molar-refractivity contribution in [1.82, 2.24) is 5.32 Å². The zero-order chi connectivity index (χ0) is 25.7. The smallest absolute Gasteiger partial charge is 0.269 e. The number of benzene rings is 3. The molecule has 1 aliphatic heterocycles. The second kappa shape index (κ2) is 11.1. The maximum atomic E-state index is 13.4. The molecule has 4 rings (SSSR count). The number of nitro benzene ring substituents is 1. The number of anilines is 2. The van der Waals surface area contributed by atoms with Crippen molar-refractivity contribution in [2.45, 2.75) is 18.7 Å². The normalized spacial score (nSPS) is 15.1. The van der Waals surface area contributed by atoms with Crippen molar-refractivity contribution in [3.63, 3.8) is 0 Å². The summed E-state index contributed by atoms with van der Waals surface area (Å²) in [7, 11) is 3.96. The molecule has 0 unspecified atom stereocenters. The third kappa shape index (κ3) is 5.92. The first kappa shape index (κ1) is 25.0. The summed E-state index contributed by atoms with van der Waals surface area (Å²) in [6.07, 6.45) is 0. The zero-order valence-corrected chi connectivity index (χ0v) is 21.1. The fourth-order valence-corrected chi connectivity index (χ4v) is 4.70. The van der Waals surface area contributed by atoms with E-state index in [0.29, 0.717) is 22.2 Å². The van der Waals surface area contributed by atoms with Crippen LogP contribution in [0.25, 0.3) is 0 Å². The third-order valence-electron chi connectivity index (χ3n) is 5.74. The predicted octanol–water partition coefficient (Wildman–Crippen LogP) is 5.51. The highest BCUT2D eigenvalue weighted by molar-refractivity contribution is 8.13. The van der Waals surface area contributed by atoms with Gasteiger partial charge >= 0.3 is 0 Å². The maximum Gasteiger partial charge on any atom is 0.269 e. The Labute approximate surface area is 214 Å². The van der Waals surface area contributed by atoms with E-state index < -0.39 is 11.0 Å². The first-order valence-electron chi connectivity index (χ1n) is 11.4. The van der Waals surface area contributed by atoms with E-state index in [1.165, 1.54) is 23.9 Å². The van der Waals surface area contributed by atoms with Crippen molar-refractivity contribution in [1.29, 1.82) is 0 Å². The number of hydrogen-bond acceptors (Lipinski definition) is 7. The van der Waals surface area contributed by atoms with Gasteiger partial charge in [-0.3, -0.25) is 14.9 Å². The van der Waals surface area contributed by atoms with Gasteiger partial charge in [0.05, 0.1) is 10.5 Å². The predicted molar refractivity (Wildman–Crippen MR) is 146 cm³/mol. The maximum absolute atomic E-state index is 13.4.